The second-order valence-electron chi connectivity index (χ2n) is 6.60. The number of carbonyl (C=O) groups is 1. The average molecular weight is 318 g/mol. The van der Waals surface area contributed by atoms with Crippen LogP contribution in [0, 0.1) is 5.92 Å². The van der Waals surface area contributed by atoms with Gasteiger partial charge in [0.2, 0.25) is 5.91 Å². The lowest BCUT2D eigenvalue weighted by molar-refractivity contribution is -0.123. The topological polar surface area (TPSA) is 61.8 Å². The lowest BCUT2D eigenvalue weighted by Gasteiger charge is -2.24. The number of likely N-dealkylation sites (tertiary alicyclic amines) is 1. The third-order valence-electron chi connectivity index (χ3n) is 4.94. The van der Waals surface area contributed by atoms with Gasteiger partial charge in [-0.1, -0.05) is 12.1 Å². The van der Waals surface area contributed by atoms with Crippen LogP contribution in [0.2, 0.25) is 0 Å². The van der Waals surface area contributed by atoms with Crippen molar-refractivity contribution >= 4 is 5.91 Å². The number of nitrogens with zero attached hydrogens (tertiary/aromatic N) is 1. The van der Waals surface area contributed by atoms with E-state index in [2.05, 4.69) is 10.2 Å². The third kappa shape index (κ3) is 4.03. The molecule has 1 aliphatic heterocycles. The van der Waals surface area contributed by atoms with Gasteiger partial charge in [-0.2, -0.15) is 0 Å². The normalized spacial score (nSPS) is 22.8. The van der Waals surface area contributed by atoms with Crippen molar-refractivity contribution < 1.29 is 14.6 Å². The first-order chi connectivity index (χ1) is 11.2. The van der Waals surface area contributed by atoms with Crippen LogP contribution in [0.15, 0.2) is 24.3 Å². The molecule has 1 aromatic rings. The largest absolute Gasteiger partial charge is 0.497 e. The Labute approximate surface area is 137 Å². The first kappa shape index (κ1) is 16.3. The summed E-state index contributed by atoms with van der Waals surface area (Å²) in [6.45, 7) is 1.41. The highest BCUT2D eigenvalue weighted by Crippen LogP contribution is 2.41. The van der Waals surface area contributed by atoms with Gasteiger partial charge in [0.15, 0.2) is 0 Å². The number of hydrogen-bond acceptors (Lipinski definition) is 4. The predicted molar refractivity (Wildman–Crippen MR) is 88.3 cm³/mol. The highest BCUT2D eigenvalue weighted by atomic mass is 16.5. The highest BCUT2D eigenvalue weighted by molar-refractivity contribution is 5.78. The maximum atomic E-state index is 12.4. The molecule has 2 atom stereocenters. The Bertz CT molecular complexity index is 528. The maximum absolute atomic E-state index is 12.4. The van der Waals surface area contributed by atoms with E-state index in [0.717, 1.165) is 30.7 Å². The van der Waals surface area contributed by atoms with Crippen LogP contribution < -0.4 is 10.1 Å². The molecule has 1 amide bonds. The molecule has 2 unspecified atom stereocenters. The number of nitrogens with one attached hydrogen (secondary N) is 1. The molecular formula is C18H26N2O3. The van der Waals surface area contributed by atoms with E-state index in [1.807, 2.05) is 24.3 Å². The molecule has 5 heteroatoms. The van der Waals surface area contributed by atoms with Crippen molar-refractivity contribution in [3.63, 3.8) is 0 Å². The minimum absolute atomic E-state index is 0.0538. The fraction of sp³-hybridized carbons (Fsp3) is 0.611. The number of benzene rings is 1. The van der Waals surface area contributed by atoms with Crippen molar-refractivity contribution in [2.24, 2.45) is 5.92 Å². The molecule has 0 aromatic heterocycles. The van der Waals surface area contributed by atoms with E-state index < -0.39 is 0 Å². The van der Waals surface area contributed by atoms with Crippen molar-refractivity contribution in [2.45, 2.75) is 37.8 Å². The number of aliphatic hydroxyl groups excluding tert-OH is 1. The molecule has 126 valence electrons. The van der Waals surface area contributed by atoms with Crippen LogP contribution >= 0.6 is 0 Å². The lowest BCUT2D eigenvalue weighted by atomic mass is 10.0. The SMILES string of the molecule is COc1ccc(C(NC(=O)CN2CCCC2CO)C2CC2)cc1. The molecule has 1 aliphatic carbocycles. The molecule has 23 heavy (non-hydrogen) atoms. The Morgan fingerprint density at radius 1 is 1.35 bits per heavy atom. The first-order valence-corrected chi connectivity index (χ1v) is 8.49. The summed E-state index contributed by atoms with van der Waals surface area (Å²) in [6.07, 6.45) is 4.37. The summed E-state index contributed by atoms with van der Waals surface area (Å²) >= 11 is 0. The Hall–Kier alpha value is -1.59. The number of rotatable bonds is 7. The minimum Gasteiger partial charge on any atom is -0.497 e. The molecule has 0 bridgehead atoms. The fourth-order valence-electron chi connectivity index (χ4n) is 3.43. The zero-order chi connectivity index (χ0) is 16.2. The van der Waals surface area contributed by atoms with Crippen LogP contribution in [-0.4, -0.2) is 48.8 Å². The van der Waals surface area contributed by atoms with Gasteiger partial charge >= 0.3 is 0 Å². The summed E-state index contributed by atoms with van der Waals surface area (Å²) in [5, 5.41) is 12.6. The van der Waals surface area contributed by atoms with Gasteiger partial charge in [0, 0.05) is 6.04 Å². The maximum Gasteiger partial charge on any atom is 0.234 e. The smallest absolute Gasteiger partial charge is 0.234 e. The van der Waals surface area contributed by atoms with E-state index in [4.69, 9.17) is 4.74 Å². The van der Waals surface area contributed by atoms with Crippen LogP contribution in [0.1, 0.15) is 37.3 Å². The fourth-order valence-corrected chi connectivity index (χ4v) is 3.43. The summed E-state index contributed by atoms with van der Waals surface area (Å²) in [5.41, 5.74) is 1.14. The van der Waals surface area contributed by atoms with Crippen molar-refractivity contribution in [1.29, 1.82) is 0 Å². The Balaban J connectivity index is 1.61. The van der Waals surface area contributed by atoms with E-state index in [-0.39, 0.29) is 24.6 Å². The molecule has 2 aliphatic rings. The number of amides is 1. The molecule has 1 aromatic carbocycles. The monoisotopic (exact) mass is 318 g/mol. The number of hydrogen-bond donors (Lipinski definition) is 2. The Morgan fingerprint density at radius 2 is 2.09 bits per heavy atom. The molecule has 1 heterocycles. The van der Waals surface area contributed by atoms with Crippen LogP contribution in [0.25, 0.3) is 0 Å². The molecular weight excluding hydrogens is 292 g/mol. The van der Waals surface area contributed by atoms with Gasteiger partial charge in [-0.15, -0.1) is 0 Å². The van der Waals surface area contributed by atoms with Crippen LogP contribution in [0.3, 0.4) is 0 Å². The first-order valence-electron chi connectivity index (χ1n) is 8.49. The van der Waals surface area contributed by atoms with Gasteiger partial charge in [-0.3, -0.25) is 9.69 Å². The number of methoxy groups -OCH3 is 1. The number of carbonyl (C=O) groups excluding carboxylic acids is 1. The van der Waals surface area contributed by atoms with Crippen LogP contribution in [-0.2, 0) is 4.79 Å². The second kappa shape index (κ2) is 7.32. The Kier molecular flexibility index (Phi) is 5.18. The summed E-state index contributed by atoms with van der Waals surface area (Å²) in [5.74, 6) is 1.43. The number of ether oxygens (including phenoxy) is 1. The molecule has 0 radical (unpaired) electrons. The highest BCUT2D eigenvalue weighted by Gasteiger charge is 2.34. The van der Waals surface area contributed by atoms with Gasteiger partial charge in [0.1, 0.15) is 5.75 Å². The van der Waals surface area contributed by atoms with Crippen molar-refractivity contribution in [1.82, 2.24) is 10.2 Å². The van der Waals surface area contributed by atoms with Crippen molar-refractivity contribution in [3.05, 3.63) is 29.8 Å². The van der Waals surface area contributed by atoms with Crippen molar-refractivity contribution in [3.8, 4) is 5.75 Å². The molecule has 1 saturated heterocycles. The summed E-state index contributed by atoms with van der Waals surface area (Å²) < 4.78 is 5.20. The summed E-state index contributed by atoms with van der Waals surface area (Å²) in [4.78, 5) is 14.5. The molecule has 1 saturated carbocycles. The predicted octanol–water partition coefficient (Wildman–Crippen LogP) is 1.72. The van der Waals surface area contributed by atoms with Crippen molar-refractivity contribution in [2.75, 3.05) is 26.8 Å². The van der Waals surface area contributed by atoms with Crippen LogP contribution in [0.4, 0.5) is 0 Å². The lowest BCUT2D eigenvalue weighted by Crippen LogP contribution is -2.42. The molecule has 2 fully saturated rings. The quantitative estimate of drug-likeness (QED) is 0.803. The third-order valence-corrected chi connectivity index (χ3v) is 4.94. The second-order valence-corrected chi connectivity index (χ2v) is 6.60. The molecule has 2 N–H and O–H groups in total. The van der Waals surface area contributed by atoms with Gasteiger partial charge in [0.05, 0.1) is 26.3 Å². The van der Waals surface area contributed by atoms with Gasteiger partial charge in [-0.05, 0) is 55.8 Å². The minimum atomic E-state index is 0.0538. The zero-order valence-electron chi connectivity index (χ0n) is 13.7. The number of aliphatic hydroxyl groups is 1. The van der Waals surface area contributed by atoms with Gasteiger partial charge in [0.25, 0.3) is 0 Å². The molecule has 3 rings (SSSR count). The zero-order valence-corrected chi connectivity index (χ0v) is 13.7. The van der Waals surface area contributed by atoms with Gasteiger partial charge in [-0.25, -0.2) is 0 Å². The van der Waals surface area contributed by atoms with E-state index in [0.29, 0.717) is 12.5 Å². The van der Waals surface area contributed by atoms with Crippen LogP contribution in [0.5, 0.6) is 5.75 Å². The Morgan fingerprint density at radius 3 is 2.70 bits per heavy atom. The van der Waals surface area contributed by atoms with E-state index >= 15 is 0 Å². The molecule has 0 spiro atoms. The van der Waals surface area contributed by atoms with E-state index in [1.54, 1.807) is 7.11 Å². The summed E-state index contributed by atoms with van der Waals surface area (Å²) in [6, 6.07) is 8.19. The summed E-state index contributed by atoms with van der Waals surface area (Å²) in [7, 11) is 1.66. The standard InChI is InChI=1S/C18H26N2O3/c1-23-16-8-6-14(7-9-16)18(13-4-5-13)19-17(22)11-20-10-2-3-15(20)12-21/h6-9,13,15,18,21H,2-5,10-12H2,1H3,(H,19,22). The molecule has 5 nitrogen and oxygen atoms in total. The van der Waals surface area contributed by atoms with Gasteiger partial charge < -0.3 is 15.2 Å². The van der Waals surface area contributed by atoms with E-state index in [1.165, 1.54) is 12.8 Å². The average Bonchev–Trinajstić information content (AvgIpc) is 3.32. The van der Waals surface area contributed by atoms with E-state index in [9.17, 15) is 9.90 Å².